The number of nitrogens with one attached hydrogen (secondary N) is 1. The Morgan fingerprint density at radius 3 is 2.61 bits per heavy atom. The van der Waals surface area contributed by atoms with Gasteiger partial charge < -0.3 is 14.8 Å². The molecule has 1 aromatic rings. The van der Waals surface area contributed by atoms with Crippen molar-refractivity contribution in [1.29, 1.82) is 0 Å². The Labute approximate surface area is 109 Å². The zero-order valence-electron chi connectivity index (χ0n) is 11.7. The molecule has 1 atom stereocenters. The fourth-order valence-corrected chi connectivity index (χ4v) is 2.74. The van der Waals surface area contributed by atoms with Crippen LogP contribution in [0.1, 0.15) is 31.4 Å². The standard InChI is InChI=1S/C15H23NO2/c1-10(2)16-12-5-6-14-11(7-12)8-13(17-3)9-15(14)18-4/h8-10,12,16H,5-7H2,1-4H3/t12-/m0/s1. The highest BCUT2D eigenvalue weighted by atomic mass is 16.5. The van der Waals surface area contributed by atoms with Crippen LogP contribution in [0.2, 0.25) is 0 Å². The van der Waals surface area contributed by atoms with Crippen LogP contribution >= 0.6 is 0 Å². The Bertz CT molecular complexity index is 415. The van der Waals surface area contributed by atoms with Crippen LogP contribution in [0.4, 0.5) is 0 Å². The predicted octanol–water partition coefficient (Wildman–Crippen LogP) is 2.56. The largest absolute Gasteiger partial charge is 0.497 e. The van der Waals surface area contributed by atoms with E-state index in [-0.39, 0.29) is 0 Å². The van der Waals surface area contributed by atoms with E-state index in [0.29, 0.717) is 12.1 Å². The fraction of sp³-hybridized carbons (Fsp3) is 0.600. The Morgan fingerprint density at radius 1 is 1.22 bits per heavy atom. The van der Waals surface area contributed by atoms with Crippen LogP contribution < -0.4 is 14.8 Å². The van der Waals surface area contributed by atoms with Crippen molar-refractivity contribution in [2.24, 2.45) is 0 Å². The lowest BCUT2D eigenvalue weighted by Crippen LogP contribution is -2.38. The molecule has 3 nitrogen and oxygen atoms in total. The van der Waals surface area contributed by atoms with Crippen LogP contribution in [0.3, 0.4) is 0 Å². The molecule has 0 unspecified atom stereocenters. The number of hydrogen-bond donors (Lipinski definition) is 1. The SMILES string of the molecule is COc1cc2c(c(OC)c1)CC[C@H](NC(C)C)C2. The highest BCUT2D eigenvalue weighted by molar-refractivity contribution is 5.48. The smallest absolute Gasteiger partial charge is 0.126 e. The first-order valence-electron chi connectivity index (χ1n) is 6.64. The zero-order valence-corrected chi connectivity index (χ0v) is 11.7. The van der Waals surface area contributed by atoms with E-state index in [0.717, 1.165) is 24.3 Å². The second-order valence-electron chi connectivity index (χ2n) is 5.23. The van der Waals surface area contributed by atoms with Gasteiger partial charge in [0.15, 0.2) is 0 Å². The summed E-state index contributed by atoms with van der Waals surface area (Å²) < 4.78 is 10.8. The average Bonchev–Trinajstić information content (AvgIpc) is 2.36. The summed E-state index contributed by atoms with van der Waals surface area (Å²) in [5.74, 6) is 1.85. The van der Waals surface area contributed by atoms with Crippen molar-refractivity contribution in [1.82, 2.24) is 5.32 Å². The second kappa shape index (κ2) is 5.61. The Hall–Kier alpha value is -1.22. The third-order valence-corrected chi connectivity index (χ3v) is 3.51. The van der Waals surface area contributed by atoms with Crippen molar-refractivity contribution in [3.63, 3.8) is 0 Å². The molecule has 1 aliphatic rings. The summed E-state index contributed by atoms with van der Waals surface area (Å²) in [6, 6.07) is 5.22. The number of ether oxygens (including phenoxy) is 2. The molecular weight excluding hydrogens is 226 g/mol. The molecule has 1 N–H and O–H groups in total. The van der Waals surface area contributed by atoms with Crippen LogP contribution in [-0.4, -0.2) is 26.3 Å². The van der Waals surface area contributed by atoms with E-state index in [1.165, 1.54) is 17.5 Å². The van der Waals surface area contributed by atoms with Crippen molar-refractivity contribution in [3.8, 4) is 11.5 Å². The molecule has 1 aromatic carbocycles. The summed E-state index contributed by atoms with van der Waals surface area (Å²) in [4.78, 5) is 0. The molecule has 1 aliphatic carbocycles. The Morgan fingerprint density at radius 2 is 2.00 bits per heavy atom. The Balaban J connectivity index is 2.25. The van der Waals surface area contributed by atoms with Gasteiger partial charge in [0.2, 0.25) is 0 Å². The molecule has 0 radical (unpaired) electrons. The summed E-state index contributed by atoms with van der Waals surface area (Å²) in [6.45, 7) is 4.39. The highest BCUT2D eigenvalue weighted by Crippen LogP contribution is 2.34. The van der Waals surface area contributed by atoms with Crippen molar-refractivity contribution in [2.75, 3.05) is 14.2 Å². The molecule has 0 aliphatic heterocycles. The molecule has 0 saturated carbocycles. The summed E-state index contributed by atoms with van der Waals surface area (Å²) in [5.41, 5.74) is 2.70. The minimum absolute atomic E-state index is 0.532. The van der Waals surface area contributed by atoms with Gasteiger partial charge in [-0.2, -0.15) is 0 Å². The number of rotatable bonds is 4. The van der Waals surface area contributed by atoms with E-state index in [2.05, 4.69) is 25.2 Å². The molecule has 0 saturated heterocycles. The van der Waals surface area contributed by atoms with Gasteiger partial charge in [0.1, 0.15) is 11.5 Å². The summed E-state index contributed by atoms with van der Waals surface area (Å²) >= 11 is 0. The van der Waals surface area contributed by atoms with Crippen LogP contribution in [-0.2, 0) is 12.8 Å². The molecule has 3 heteroatoms. The van der Waals surface area contributed by atoms with Gasteiger partial charge in [-0.3, -0.25) is 0 Å². The van der Waals surface area contributed by atoms with E-state index in [1.54, 1.807) is 14.2 Å². The van der Waals surface area contributed by atoms with E-state index < -0.39 is 0 Å². The summed E-state index contributed by atoms with van der Waals surface area (Å²) in [6.07, 6.45) is 3.31. The van der Waals surface area contributed by atoms with Crippen LogP contribution in [0.5, 0.6) is 11.5 Å². The number of hydrogen-bond acceptors (Lipinski definition) is 3. The van der Waals surface area contributed by atoms with Gasteiger partial charge >= 0.3 is 0 Å². The number of methoxy groups -OCH3 is 2. The minimum Gasteiger partial charge on any atom is -0.497 e. The van der Waals surface area contributed by atoms with Gasteiger partial charge in [-0.05, 0) is 36.5 Å². The minimum atomic E-state index is 0.532. The second-order valence-corrected chi connectivity index (χ2v) is 5.23. The van der Waals surface area contributed by atoms with Crippen LogP contribution in [0.25, 0.3) is 0 Å². The maximum absolute atomic E-state index is 5.47. The predicted molar refractivity (Wildman–Crippen MR) is 73.6 cm³/mol. The first-order valence-corrected chi connectivity index (χ1v) is 6.64. The molecule has 0 heterocycles. The fourth-order valence-electron chi connectivity index (χ4n) is 2.74. The topological polar surface area (TPSA) is 30.5 Å². The lowest BCUT2D eigenvalue weighted by atomic mass is 9.87. The lowest BCUT2D eigenvalue weighted by Gasteiger charge is -2.28. The Kier molecular flexibility index (Phi) is 4.12. The maximum Gasteiger partial charge on any atom is 0.126 e. The molecule has 2 rings (SSSR count). The molecule has 0 fully saturated rings. The van der Waals surface area contributed by atoms with Gasteiger partial charge in [0.05, 0.1) is 14.2 Å². The molecular formula is C15H23NO2. The number of fused-ring (bicyclic) bond motifs is 1. The molecule has 0 aromatic heterocycles. The van der Waals surface area contributed by atoms with Crippen LogP contribution in [0, 0.1) is 0 Å². The van der Waals surface area contributed by atoms with E-state index in [1.807, 2.05) is 6.07 Å². The van der Waals surface area contributed by atoms with E-state index in [9.17, 15) is 0 Å². The molecule has 18 heavy (non-hydrogen) atoms. The van der Waals surface area contributed by atoms with Gasteiger partial charge in [0.25, 0.3) is 0 Å². The zero-order chi connectivity index (χ0) is 13.1. The molecule has 0 amide bonds. The third kappa shape index (κ3) is 2.78. The average molecular weight is 249 g/mol. The van der Waals surface area contributed by atoms with Gasteiger partial charge in [0, 0.05) is 18.2 Å². The summed E-state index contributed by atoms with van der Waals surface area (Å²) in [7, 11) is 3.43. The molecule has 100 valence electrons. The van der Waals surface area contributed by atoms with E-state index >= 15 is 0 Å². The lowest BCUT2D eigenvalue weighted by molar-refractivity contribution is 0.376. The maximum atomic E-state index is 5.47. The van der Waals surface area contributed by atoms with Crippen molar-refractivity contribution in [3.05, 3.63) is 23.3 Å². The van der Waals surface area contributed by atoms with Crippen LogP contribution in [0.15, 0.2) is 12.1 Å². The van der Waals surface area contributed by atoms with Crippen molar-refractivity contribution >= 4 is 0 Å². The van der Waals surface area contributed by atoms with Gasteiger partial charge in [-0.15, -0.1) is 0 Å². The first-order chi connectivity index (χ1) is 8.63. The highest BCUT2D eigenvalue weighted by Gasteiger charge is 2.22. The summed E-state index contributed by atoms with van der Waals surface area (Å²) in [5, 5.41) is 3.62. The van der Waals surface area contributed by atoms with E-state index in [4.69, 9.17) is 9.47 Å². The van der Waals surface area contributed by atoms with Crippen molar-refractivity contribution in [2.45, 2.75) is 45.2 Å². The monoisotopic (exact) mass is 249 g/mol. The number of benzene rings is 1. The normalized spacial score (nSPS) is 18.6. The van der Waals surface area contributed by atoms with Gasteiger partial charge in [-0.25, -0.2) is 0 Å². The third-order valence-electron chi connectivity index (χ3n) is 3.51. The molecule has 0 spiro atoms. The molecule has 0 bridgehead atoms. The quantitative estimate of drug-likeness (QED) is 0.889. The van der Waals surface area contributed by atoms with Gasteiger partial charge in [-0.1, -0.05) is 13.8 Å². The first kappa shape index (κ1) is 13.2. The van der Waals surface area contributed by atoms with Crippen molar-refractivity contribution < 1.29 is 9.47 Å².